The number of aromatic nitrogens is 1. The Bertz CT molecular complexity index is 355. The first kappa shape index (κ1) is 11.7. The van der Waals surface area contributed by atoms with Gasteiger partial charge in [-0.1, -0.05) is 18.2 Å². The van der Waals surface area contributed by atoms with E-state index in [1.807, 2.05) is 6.92 Å². The fourth-order valence-electron chi connectivity index (χ4n) is 0.988. The van der Waals surface area contributed by atoms with Crippen LogP contribution in [0.3, 0.4) is 0 Å². The number of rotatable bonds is 5. The number of hydrogen-bond acceptors (Lipinski definition) is 4. The molecule has 1 heterocycles. The molecule has 1 aromatic heterocycles. The minimum Gasteiger partial charge on any atom is -0.476 e. The predicted octanol–water partition coefficient (Wildman–Crippen LogP) is 2.23. The first-order chi connectivity index (χ1) is 7.13. The average Bonchev–Trinajstić information content (AvgIpc) is 2.19. The molecule has 0 bridgehead atoms. The summed E-state index contributed by atoms with van der Waals surface area (Å²) in [6.45, 7) is 6.44. The fraction of sp³-hybridized carbons (Fsp3) is 0.300. The summed E-state index contributed by atoms with van der Waals surface area (Å²) in [5, 5.41) is 3.51. The summed E-state index contributed by atoms with van der Waals surface area (Å²) in [6, 6.07) is 3.50. The Balaban J connectivity index is 2.73. The molecule has 1 aromatic rings. The van der Waals surface area contributed by atoms with E-state index in [0.717, 1.165) is 0 Å². The molecule has 0 spiro atoms. The van der Waals surface area contributed by atoms with Gasteiger partial charge in [0.25, 0.3) is 0 Å². The summed E-state index contributed by atoms with van der Waals surface area (Å²) in [6.07, 6.45) is 0. The number of nitrogens with one attached hydrogen (secondary N) is 1. The van der Waals surface area contributed by atoms with Gasteiger partial charge < -0.3 is 15.8 Å². The van der Waals surface area contributed by atoms with Crippen molar-refractivity contribution in [3.05, 3.63) is 23.7 Å². The minimum atomic E-state index is 0.433. The topological polar surface area (TPSA) is 60.2 Å². The molecule has 1 rings (SSSR count). The highest BCUT2D eigenvalue weighted by molar-refractivity contribution is 6.29. The summed E-state index contributed by atoms with van der Waals surface area (Å²) in [5.41, 5.74) is 6.19. The van der Waals surface area contributed by atoms with Gasteiger partial charge in [0, 0.05) is 5.03 Å². The second-order valence-electron chi connectivity index (χ2n) is 2.89. The van der Waals surface area contributed by atoms with Crippen LogP contribution >= 0.6 is 11.6 Å². The van der Waals surface area contributed by atoms with E-state index < -0.39 is 0 Å². The number of nitrogens with two attached hydrogens (primary N) is 1. The van der Waals surface area contributed by atoms with Crippen LogP contribution < -0.4 is 15.8 Å². The normalized spacial score (nSPS) is 9.73. The van der Waals surface area contributed by atoms with E-state index in [2.05, 4.69) is 16.9 Å². The van der Waals surface area contributed by atoms with E-state index >= 15 is 0 Å². The third-order valence-corrected chi connectivity index (χ3v) is 1.77. The van der Waals surface area contributed by atoms with Crippen molar-refractivity contribution < 1.29 is 4.74 Å². The zero-order valence-corrected chi connectivity index (χ0v) is 9.34. The van der Waals surface area contributed by atoms with Crippen molar-refractivity contribution >= 4 is 23.1 Å². The zero-order chi connectivity index (χ0) is 11.3. The van der Waals surface area contributed by atoms with Crippen molar-refractivity contribution in [2.45, 2.75) is 6.92 Å². The number of ether oxygens (including phenoxy) is 1. The first-order valence-corrected chi connectivity index (χ1v) is 4.97. The second kappa shape index (κ2) is 5.46. The number of halogens is 1. The third kappa shape index (κ3) is 3.67. The van der Waals surface area contributed by atoms with Crippen molar-refractivity contribution in [2.75, 3.05) is 24.2 Å². The highest BCUT2D eigenvalue weighted by Gasteiger charge is 2.03. The molecule has 82 valence electrons. The Morgan fingerprint density at radius 2 is 2.40 bits per heavy atom. The molecule has 15 heavy (non-hydrogen) atoms. The molecule has 0 aliphatic rings. The fourth-order valence-corrected chi connectivity index (χ4v) is 1.06. The lowest BCUT2D eigenvalue weighted by Gasteiger charge is -2.09. The minimum absolute atomic E-state index is 0.433. The van der Waals surface area contributed by atoms with Crippen molar-refractivity contribution in [2.24, 2.45) is 0 Å². The molecule has 0 amide bonds. The molecule has 5 heteroatoms. The summed E-state index contributed by atoms with van der Waals surface area (Å²) in [7, 11) is 0. The third-order valence-electron chi connectivity index (χ3n) is 1.63. The van der Waals surface area contributed by atoms with Gasteiger partial charge in [-0.05, 0) is 19.1 Å². The number of pyridine rings is 1. The van der Waals surface area contributed by atoms with Crippen molar-refractivity contribution in [1.82, 2.24) is 4.98 Å². The average molecular weight is 228 g/mol. The van der Waals surface area contributed by atoms with E-state index in [0.29, 0.717) is 35.6 Å². The van der Waals surface area contributed by atoms with Crippen LogP contribution in [0.4, 0.5) is 11.5 Å². The molecule has 0 unspecified atom stereocenters. The maximum Gasteiger partial charge on any atom is 0.239 e. The van der Waals surface area contributed by atoms with Gasteiger partial charge in [0.1, 0.15) is 5.82 Å². The first-order valence-electron chi connectivity index (χ1n) is 4.60. The molecule has 4 nitrogen and oxygen atoms in total. The number of nitrogens with zero attached hydrogens (tertiary/aromatic N) is 1. The smallest absolute Gasteiger partial charge is 0.239 e. The lowest BCUT2D eigenvalue weighted by Crippen LogP contribution is -2.05. The highest BCUT2D eigenvalue weighted by atomic mass is 35.5. The Kier molecular flexibility index (Phi) is 4.24. The van der Waals surface area contributed by atoms with E-state index in [9.17, 15) is 0 Å². The monoisotopic (exact) mass is 227 g/mol. The van der Waals surface area contributed by atoms with Crippen LogP contribution in [0.2, 0.25) is 0 Å². The van der Waals surface area contributed by atoms with Gasteiger partial charge in [0.05, 0.1) is 18.8 Å². The molecule has 0 saturated heterocycles. The Morgan fingerprint density at radius 3 is 3.00 bits per heavy atom. The molecule has 0 fully saturated rings. The van der Waals surface area contributed by atoms with Crippen LogP contribution in [0.15, 0.2) is 23.7 Å². The Morgan fingerprint density at radius 1 is 1.67 bits per heavy atom. The maximum absolute atomic E-state index is 5.67. The molecule has 0 aromatic carbocycles. The van der Waals surface area contributed by atoms with Gasteiger partial charge in [0.2, 0.25) is 5.88 Å². The number of hydrogen-bond donors (Lipinski definition) is 2. The van der Waals surface area contributed by atoms with Gasteiger partial charge in [-0.3, -0.25) is 0 Å². The predicted molar refractivity (Wildman–Crippen MR) is 63.3 cm³/mol. The van der Waals surface area contributed by atoms with Crippen LogP contribution in [0.5, 0.6) is 5.88 Å². The molecule has 3 N–H and O–H groups in total. The van der Waals surface area contributed by atoms with Crippen LogP contribution in [0.1, 0.15) is 6.92 Å². The van der Waals surface area contributed by atoms with Crippen LogP contribution in [0, 0.1) is 0 Å². The lowest BCUT2D eigenvalue weighted by atomic mass is 10.4. The Hall–Kier alpha value is -1.42. The van der Waals surface area contributed by atoms with Crippen molar-refractivity contribution in [3.63, 3.8) is 0 Å². The largest absolute Gasteiger partial charge is 0.476 e. The maximum atomic E-state index is 5.67. The SMILES string of the molecule is C=C(Cl)CNc1ccc(N)c(OCC)n1. The number of anilines is 2. The van der Waals surface area contributed by atoms with Crippen molar-refractivity contribution in [3.8, 4) is 5.88 Å². The van der Waals surface area contributed by atoms with Crippen LogP contribution in [-0.2, 0) is 0 Å². The van der Waals surface area contributed by atoms with E-state index in [1.165, 1.54) is 0 Å². The van der Waals surface area contributed by atoms with Crippen LogP contribution in [0.25, 0.3) is 0 Å². The van der Waals surface area contributed by atoms with E-state index in [-0.39, 0.29) is 0 Å². The standard InChI is InChI=1S/C10H14ClN3O/c1-3-15-10-8(12)4-5-9(14-10)13-6-7(2)11/h4-5H,2-3,6,12H2,1H3,(H,13,14). The molecule has 0 radical (unpaired) electrons. The van der Waals surface area contributed by atoms with E-state index in [1.54, 1.807) is 12.1 Å². The molecule has 0 atom stereocenters. The summed E-state index contributed by atoms with van der Waals surface area (Å²) < 4.78 is 5.25. The molecule has 0 aliphatic heterocycles. The second-order valence-corrected chi connectivity index (χ2v) is 3.43. The Labute approximate surface area is 94.1 Å². The van der Waals surface area contributed by atoms with Gasteiger partial charge >= 0.3 is 0 Å². The lowest BCUT2D eigenvalue weighted by molar-refractivity contribution is 0.329. The molecule has 0 saturated carbocycles. The summed E-state index contributed by atoms with van der Waals surface area (Å²) >= 11 is 5.62. The van der Waals surface area contributed by atoms with Crippen LogP contribution in [-0.4, -0.2) is 18.1 Å². The quantitative estimate of drug-likeness (QED) is 0.810. The van der Waals surface area contributed by atoms with Crippen molar-refractivity contribution in [1.29, 1.82) is 0 Å². The molecule has 0 aliphatic carbocycles. The molecular formula is C10H14ClN3O. The van der Waals surface area contributed by atoms with Gasteiger partial charge in [0.15, 0.2) is 0 Å². The van der Waals surface area contributed by atoms with Gasteiger partial charge in [-0.15, -0.1) is 0 Å². The number of nitrogen functional groups attached to an aromatic ring is 1. The summed E-state index contributed by atoms with van der Waals surface area (Å²) in [4.78, 5) is 4.18. The summed E-state index contributed by atoms with van der Waals surface area (Å²) in [5.74, 6) is 1.09. The van der Waals surface area contributed by atoms with E-state index in [4.69, 9.17) is 22.1 Å². The zero-order valence-electron chi connectivity index (χ0n) is 8.59. The molecular weight excluding hydrogens is 214 g/mol. The van der Waals surface area contributed by atoms with Gasteiger partial charge in [-0.25, -0.2) is 0 Å². The highest BCUT2D eigenvalue weighted by Crippen LogP contribution is 2.20. The van der Waals surface area contributed by atoms with Gasteiger partial charge in [-0.2, -0.15) is 4.98 Å².